The van der Waals surface area contributed by atoms with Crippen molar-refractivity contribution in [2.24, 2.45) is 4.99 Å². The number of carbonyl (C=O) groups is 2. The molecule has 0 aliphatic carbocycles. The second-order valence-corrected chi connectivity index (χ2v) is 7.96. The molecule has 1 amide bonds. The van der Waals surface area contributed by atoms with Crippen LogP contribution in [-0.2, 0) is 6.54 Å². The third kappa shape index (κ3) is 4.20. The van der Waals surface area contributed by atoms with Crippen molar-refractivity contribution in [3.63, 3.8) is 0 Å². The highest BCUT2D eigenvalue weighted by atomic mass is 35.5. The third-order valence-corrected chi connectivity index (χ3v) is 5.90. The molecule has 0 saturated heterocycles. The molecule has 0 aliphatic rings. The van der Waals surface area contributed by atoms with Gasteiger partial charge in [-0.2, -0.15) is 4.99 Å². The number of para-hydroxylation sites is 1. The van der Waals surface area contributed by atoms with Gasteiger partial charge in [0, 0.05) is 16.1 Å². The molecule has 0 aliphatic heterocycles. The Labute approximate surface area is 181 Å². The third-order valence-electron chi connectivity index (χ3n) is 4.59. The number of fused-ring (bicyclic) bond motifs is 1. The minimum atomic E-state index is -0.378. The first-order valence-corrected chi connectivity index (χ1v) is 10.3. The zero-order valence-electron chi connectivity index (χ0n) is 16.0. The molecule has 3 aromatic carbocycles. The van der Waals surface area contributed by atoms with Crippen molar-refractivity contribution in [2.75, 3.05) is 7.11 Å². The van der Waals surface area contributed by atoms with Crippen LogP contribution in [0.2, 0.25) is 5.02 Å². The van der Waals surface area contributed by atoms with Crippen LogP contribution in [-0.4, -0.2) is 23.4 Å². The molecule has 1 heterocycles. The Bertz CT molecular complexity index is 1290. The van der Waals surface area contributed by atoms with Crippen LogP contribution < -0.4 is 9.54 Å². The summed E-state index contributed by atoms with van der Waals surface area (Å²) in [4.78, 5) is 30.4. The van der Waals surface area contributed by atoms with Crippen molar-refractivity contribution in [3.8, 4) is 5.75 Å². The van der Waals surface area contributed by atoms with E-state index in [0.717, 1.165) is 10.2 Å². The normalized spacial score (nSPS) is 11.6. The van der Waals surface area contributed by atoms with Gasteiger partial charge in [0.1, 0.15) is 5.75 Å². The summed E-state index contributed by atoms with van der Waals surface area (Å²) in [5.41, 5.74) is 1.85. The van der Waals surface area contributed by atoms with Gasteiger partial charge in [-0.3, -0.25) is 9.59 Å². The van der Waals surface area contributed by atoms with Gasteiger partial charge >= 0.3 is 0 Å². The standard InChI is InChI=1S/C23H17ClN2O3S/c1-29-18-12-8-16(9-13-18)22(28)25-23-26(19-4-2-3-5-21(19)30-23)14-20(27)15-6-10-17(24)11-7-15/h2-13H,14H2,1H3. The molecule has 0 atom stereocenters. The zero-order valence-corrected chi connectivity index (χ0v) is 17.6. The number of hydrogen-bond donors (Lipinski definition) is 0. The maximum Gasteiger partial charge on any atom is 0.279 e. The van der Waals surface area contributed by atoms with E-state index in [1.165, 1.54) is 11.3 Å². The Hall–Kier alpha value is -3.22. The second-order valence-electron chi connectivity index (χ2n) is 6.51. The van der Waals surface area contributed by atoms with E-state index in [4.69, 9.17) is 16.3 Å². The first-order chi connectivity index (χ1) is 14.5. The van der Waals surface area contributed by atoms with E-state index in [9.17, 15) is 9.59 Å². The number of ether oxygens (including phenoxy) is 1. The molecule has 7 heteroatoms. The number of methoxy groups -OCH3 is 1. The fourth-order valence-corrected chi connectivity index (χ4v) is 4.17. The smallest absolute Gasteiger partial charge is 0.279 e. The fourth-order valence-electron chi connectivity index (χ4n) is 3.01. The van der Waals surface area contributed by atoms with E-state index in [1.54, 1.807) is 60.2 Å². The molecule has 5 nitrogen and oxygen atoms in total. The average Bonchev–Trinajstić information content (AvgIpc) is 3.11. The van der Waals surface area contributed by atoms with E-state index < -0.39 is 0 Å². The molecule has 0 N–H and O–H groups in total. The van der Waals surface area contributed by atoms with E-state index >= 15 is 0 Å². The van der Waals surface area contributed by atoms with Gasteiger partial charge in [-0.15, -0.1) is 0 Å². The first-order valence-electron chi connectivity index (χ1n) is 9.15. The van der Waals surface area contributed by atoms with E-state index in [1.807, 2.05) is 24.3 Å². The summed E-state index contributed by atoms with van der Waals surface area (Å²) in [7, 11) is 1.57. The molecule has 4 aromatic rings. The number of thiazole rings is 1. The number of halogens is 1. The lowest BCUT2D eigenvalue weighted by atomic mass is 10.1. The number of rotatable bonds is 5. The van der Waals surface area contributed by atoms with Crippen molar-refractivity contribution in [1.29, 1.82) is 0 Å². The maximum atomic E-state index is 12.8. The summed E-state index contributed by atoms with van der Waals surface area (Å²) in [5, 5.41) is 0.570. The first kappa shape index (κ1) is 20.1. The number of benzene rings is 3. The summed E-state index contributed by atoms with van der Waals surface area (Å²) < 4.78 is 7.85. The Kier molecular flexibility index (Phi) is 5.79. The molecule has 0 spiro atoms. The minimum Gasteiger partial charge on any atom is -0.497 e. The molecule has 30 heavy (non-hydrogen) atoms. The molecular weight excluding hydrogens is 420 g/mol. The summed E-state index contributed by atoms with van der Waals surface area (Å²) in [5.74, 6) is 0.197. The van der Waals surface area contributed by atoms with Gasteiger partial charge in [-0.1, -0.05) is 35.1 Å². The van der Waals surface area contributed by atoms with Crippen LogP contribution in [0.15, 0.2) is 77.8 Å². The highest BCUT2D eigenvalue weighted by molar-refractivity contribution is 7.16. The number of hydrogen-bond acceptors (Lipinski definition) is 4. The van der Waals surface area contributed by atoms with Gasteiger partial charge in [-0.25, -0.2) is 0 Å². The van der Waals surface area contributed by atoms with Gasteiger partial charge in [0.25, 0.3) is 5.91 Å². The Morgan fingerprint density at radius 3 is 2.33 bits per heavy atom. The summed E-state index contributed by atoms with van der Waals surface area (Å²) in [6.45, 7) is 0.0698. The Morgan fingerprint density at radius 2 is 1.63 bits per heavy atom. The summed E-state index contributed by atoms with van der Waals surface area (Å²) in [6.07, 6.45) is 0. The van der Waals surface area contributed by atoms with Crippen LogP contribution in [0.25, 0.3) is 10.2 Å². The lowest BCUT2D eigenvalue weighted by molar-refractivity contribution is 0.0964. The van der Waals surface area contributed by atoms with Crippen molar-refractivity contribution >= 4 is 44.8 Å². The second kappa shape index (κ2) is 8.65. The van der Waals surface area contributed by atoms with Gasteiger partial charge in [0.2, 0.25) is 0 Å². The van der Waals surface area contributed by atoms with Crippen LogP contribution in [0.3, 0.4) is 0 Å². The SMILES string of the molecule is COc1ccc(C(=O)N=c2sc3ccccc3n2CC(=O)c2ccc(Cl)cc2)cc1. The topological polar surface area (TPSA) is 60.7 Å². The van der Waals surface area contributed by atoms with Crippen LogP contribution in [0.4, 0.5) is 0 Å². The number of amides is 1. The van der Waals surface area contributed by atoms with Gasteiger partial charge < -0.3 is 9.30 Å². The maximum absolute atomic E-state index is 12.8. The Morgan fingerprint density at radius 1 is 0.967 bits per heavy atom. The molecule has 0 bridgehead atoms. The van der Waals surface area contributed by atoms with Crippen molar-refractivity contribution in [2.45, 2.75) is 6.54 Å². The molecule has 1 aromatic heterocycles. The van der Waals surface area contributed by atoms with Crippen LogP contribution in [0.5, 0.6) is 5.75 Å². The summed E-state index contributed by atoms with van der Waals surface area (Å²) in [6, 6.07) is 21.2. The molecule has 0 saturated carbocycles. The van der Waals surface area contributed by atoms with E-state index in [0.29, 0.717) is 26.7 Å². The average molecular weight is 437 g/mol. The van der Waals surface area contributed by atoms with Crippen LogP contribution in [0.1, 0.15) is 20.7 Å². The molecule has 0 fully saturated rings. The predicted molar refractivity (Wildman–Crippen MR) is 118 cm³/mol. The summed E-state index contributed by atoms with van der Waals surface area (Å²) >= 11 is 7.29. The Balaban J connectivity index is 1.74. The van der Waals surface area contributed by atoms with Crippen molar-refractivity contribution in [1.82, 2.24) is 4.57 Å². The molecule has 0 radical (unpaired) electrons. The highest BCUT2D eigenvalue weighted by Crippen LogP contribution is 2.19. The largest absolute Gasteiger partial charge is 0.497 e. The predicted octanol–water partition coefficient (Wildman–Crippen LogP) is 4.99. The molecule has 0 unspecified atom stereocenters. The van der Waals surface area contributed by atoms with Gasteiger partial charge in [-0.05, 0) is 60.7 Å². The number of Topliss-reactive ketones (excluding diaryl/α,β-unsaturated/α-hetero) is 1. The van der Waals surface area contributed by atoms with E-state index in [2.05, 4.69) is 4.99 Å². The molecule has 4 rings (SSSR count). The lowest BCUT2D eigenvalue weighted by Crippen LogP contribution is -2.21. The number of ketones is 1. The van der Waals surface area contributed by atoms with Crippen LogP contribution >= 0.6 is 22.9 Å². The fraction of sp³-hybridized carbons (Fsp3) is 0.0870. The van der Waals surface area contributed by atoms with Crippen molar-refractivity contribution < 1.29 is 14.3 Å². The van der Waals surface area contributed by atoms with Crippen molar-refractivity contribution in [3.05, 3.63) is 93.7 Å². The van der Waals surface area contributed by atoms with Gasteiger partial charge in [0.05, 0.1) is 23.9 Å². The molecule has 150 valence electrons. The highest BCUT2D eigenvalue weighted by Gasteiger charge is 2.13. The quantitative estimate of drug-likeness (QED) is 0.414. The zero-order chi connectivity index (χ0) is 21.1. The van der Waals surface area contributed by atoms with Crippen LogP contribution in [0, 0.1) is 0 Å². The minimum absolute atomic E-state index is 0.0698. The lowest BCUT2D eigenvalue weighted by Gasteiger charge is -2.05. The monoisotopic (exact) mass is 436 g/mol. The van der Waals surface area contributed by atoms with E-state index in [-0.39, 0.29) is 18.2 Å². The number of aromatic nitrogens is 1. The molecular formula is C23H17ClN2O3S. The number of carbonyl (C=O) groups excluding carboxylic acids is 2. The number of nitrogens with zero attached hydrogens (tertiary/aromatic N) is 2. The van der Waals surface area contributed by atoms with Gasteiger partial charge in [0.15, 0.2) is 10.6 Å².